The monoisotopic (exact) mass is 239 g/mol. The average Bonchev–Trinajstić information content (AvgIpc) is 2.33. The number of piperidine rings is 1. The second kappa shape index (κ2) is 6.19. The van der Waals surface area contributed by atoms with Gasteiger partial charge < -0.3 is 10.0 Å². The number of rotatable bonds is 4. The molecule has 1 saturated carbocycles. The summed E-state index contributed by atoms with van der Waals surface area (Å²) in [5, 5.41) is 9.26. The third-order valence-corrected chi connectivity index (χ3v) is 4.93. The van der Waals surface area contributed by atoms with E-state index in [1.807, 2.05) is 6.92 Å². The van der Waals surface area contributed by atoms with Gasteiger partial charge in [-0.2, -0.15) is 0 Å². The molecule has 0 radical (unpaired) electrons. The smallest absolute Gasteiger partial charge is 0.0512 e. The van der Waals surface area contributed by atoms with E-state index in [4.69, 9.17) is 0 Å². The maximum atomic E-state index is 9.26. The third kappa shape index (κ3) is 3.96. The van der Waals surface area contributed by atoms with Crippen molar-refractivity contribution in [2.75, 3.05) is 19.6 Å². The first kappa shape index (κ1) is 13.4. The van der Waals surface area contributed by atoms with E-state index in [-0.39, 0.29) is 6.10 Å². The minimum Gasteiger partial charge on any atom is -0.393 e. The molecule has 2 rings (SSSR count). The maximum absolute atomic E-state index is 9.26. The quantitative estimate of drug-likeness (QED) is 0.814. The summed E-state index contributed by atoms with van der Waals surface area (Å²) < 4.78 is 0. The Kier molecular flexibility index (Phi) is 4.87. The summed E-state index contributed by atoms with van der Waals surface area (Å²) in [5.41, 5.74) is 0.735. The van der Waals surface area contributed by atoms with Crippen LogP contribution in [0, 0.1) is 5.41 Å². The molecule has 1 spiro atoms. The SMILES string of the molecule is CC(O)CCCN1CCC2(CCCCC2)CC1. The minimum absolute atomic E-state index is 0.121. The summed E-state index contributed by atoms with van der Waals surface area (Å²) in [6.45, 7) is 5.70. The molecule has 0 aromatic carbocycles. The maximum Gasteiger partial charge on any atom is 0.0512 e. The van der Waals surface area contributed by atoms with E-state index in [9.17, 15) is 5.11 Å². The van der Waals surface area contributed by atoms with E-state index >= 15 is 0 Å². The van der Waals surface area contributed by atoms with Crippen LogP contribution in [0.2, 0.25) is 0 Å². The van der Waals surface area contributed by atoms with Crippen molar-refractivity contribution >= 4 is 0 Å². The normalized spacial score (nSPS) is 27.2. The largest absolute Gasteiger partial charge is 0.393 e. The summed E-state index contributed by atoms with van der Waals surface area (Å²) in [4.78, 5) is 2.61. The van der Waals surface area contributed by atoms with Crippen molar-refractivity contribution in [1.29, 1.82) is 0 Å². The summed E-state index contributed by atoms with van der Waals surface area (Å²) in [5.74, 6) is 0. The van der Waals surface area contributed by atoms with E-state index in [0.29, 0.717) is 0 Å². The van der Waals surface area contributed by atoms with Gasteiger partial charge in [-0.05, 0) is 70.5 Å². The van der Waals surface area contributed by atoms with Crippen molar-refractivity contribution < 1.29 is 5.11 Å². The predicted molar refractivity (Wildman–Crippen MR) is 72.1 cm³/mol. The standard InChI is InChI=1S/C15H29NO/c1-14(17)6-5-11-16-12-9-15(10-13-16)7-3-2-4-8-15/h14,17H,2-13H2,1H3. The van der Waals surface area contributed by atoms with Crippen LogP contribution in [0.25, 0.3) is 0 Å². The van der Waals surface area contributed by atoms with Gasteiger partial charge in [0, 0.05) is 0 Å². The fraction of sp³-hybridized carbons (Fsp3) is 1.00. The zero-order valence-electron chi connectivity index (χ0n) is 11.5. The molecule has 2 nitrogen and oxygen atoms in total. The second-order valence-electron chi connectivity index (χ2n) is 6.39. The first-order valence-corrected chi connectivity index (χ1v) is 7.61. The first-order valence-electron chi connectivity index (χ1n) is 7.61. The Hall–Kier alpha value is -0.0800. The number of aliphatic hydroxyl groups is 1. The zero-order valence-corrected chi connectivity index (χ0v) is 11.5. The number of nitrogens with zero attached hydrogens (tertiary/aromatic N) is 1. The Bertz CT molecular complexity index is 211. The molecule has 1 aliphatic heterocycles. The molecule has 2 fully saturated rings. The fourth-order valence-electron chi connectivity index (χ4n) is 3.66. The molecular weight excluding hydrogens is 210 g/mol. The molecule has 0 aromatic heterocycles. The van der Waals surface area contributed by atoms with Crippen molar-refractivity contribution in [2.24, 2.45) is 5.41 Å². The number of hydrogen-bond donors (Lipinski definition) is 1. The van der Waals surface area contributed by atoms with Gasteiger partial charge in [-0.15, -0.1) is 0 Å². The van der Waals surface area contributed by atoms with Crippen LogP contribution in [0.3, 0.4) is 0 Å². The summed E-state index contributed by atoms with van der Waals surface area (Å²) >= 11 is 0. The van der Waals surface area contributed by atoms with E-state index in [1.165, 1.54) is 64.6 Å². The Balaban J connectivity index is 1.66. The molecule has 2 aliphatic rings. The van der Waals surface area contributed by atoms with E-state index in [2.05, 4.69) is 4.90 Å². The molecule has 2 heteroatoms. The molecule has 100 valence electrons. The van der Waals surface area contributed by atoms with Gasteiger partial charge in [-0.1, -0.05) is 19.3 Å². The first-order chi connectivity index (χ1) is 8.20. The van der Waals surface area contributed by atoms with Crippen LogP contribution >= 0.6 is 0 Å². The van der Waals surface area contributed by atoms with Crippen LogP contribution in [-0.2, 0) is 0 Å². The molecule has 1 N–H and O–H groups in total. The highest BCUT2D eigenvalue weighted by Gasteiger charge is 2.35. The van der Waals surface area contributed by atoms with Crippen LogP contribution in [0.15, 0.2) is 0 Å². The lowest BCUT2D eigenvalue weighted by Crippen LogP contribution is -2.41. The van der Waals surface area contributed by atoms with Crippen LogP contribution in [0.1, 0.15) is 64.7 Å². The van der Waals surface area contributed by atoms with Crippen molar-refractivity contribution in [3.63, 3.8) is 0 Å². The summed E-state index contributed by atoms with van der Waals surface area (Å²) in [6, 6.07) is 0. The van der Waals surface area contributed by atoms with Gasteiger partial charge in [0.05, 0.1) is 6.10 Å². The topological polar surface area (TPSA) is 23.5 Å². The molecule has 1 saturated heterocycles. The predicted octanol–water partition coefficient (Wildman–Crippen LogP) is 3.19. The molecular formula is C15H29NO. The lowest BCUT2D eigenvalue weighted by Gasteiger charge is -2.44. The Morgan fingerprint density at radius 3 is 2.29 bits per heavy atom. The zero-order chi connectivity index (χ0) is 12.1. The summed E-state index contributed by atoms with van der Waals surface area (Å²) in [7, 11) is 0. The number of hydrogen-bond acceptors (Lipinski definition) is 2. The lowest BCUT2D eigenvalue weighted by atomic mass is 9.68. The van der Waals surface area contributed by atoms with Gasteiger partial charge in [0.2, 0.25) is 0 Å². The van der Waals surface area contributed by atoms with Crippen LogP contribution < -0.4 is 0 Å². The van der Waals surface area contributed by atoms with Crippen molar-refractivity contribution in [3.8, 4) is 0 Å². The van der Waals surface area contributed by atoms with Gasteiger partial charge in [0.25, 0.3) is 0 Å². The van der Waals surface area contributed by atoms with Crippen LogP contribution in [0.4, 0.5) is 0 Å². The molecule has 17 heavy (non-hydrogen) atoms. The van der Waals surface area contributed by atoms with Crippen LogP contribution in [-0.4, -0.2) is 35.7 Å². The Morgan fingerprint density at radius 2 is 1.71 bits per heavy atom. The van der Waals surface area contributed by atoms with Crippen molar-refractivity contribution in [3.05, 3.63) is 0 Å². The number of likely N-dealkylation sites (tertiary alicyclic amines) is 1. The second-order valence-corrected chi connectivity index (χ2v) is 6.39. The van der Waals surface area contributed by atoms with Gasteiger partial charge >= 0.3 is 0 Å². The molecule has 0 amide bonds. The van der Waals surface area contributed by atoms with E-state index in [1.54, 1.807) is 0 Å². The fourth-order valence-corrected chi connectivity index (χ4v) is 3.66. The Labute approximate surface area is 106 Å². The van der Waals surface area contributed by atoms with Gasteiger partial charge in [-0.3, -0.25) is 0 Å². The van der Waals surface area contributed by atoms with Crippen LogP contribution in [0.5, 0.6) is 0 Å². The molecule has 1 heterocycles. The van der Waals surface area contributed by atoms with Gasteiger partial charge in [0.15, 0.2) is 0 Å². The van der Waals surface area contributed by atoms with E-state index < -0.39 is 0 Å². The van der Waals surface area contributed by atoms with Crippen molar-refractivity contribution in [2.45, 2.75) is 70.8 Å². The Morgan fingerprint density at radius 1 is 1.06 bits per heavy atom. The van der Waals surface area contributed by atoms with Gasteiger partial charge in [0.1, 0.15) is 0 Å². The molecule has 1 atom stereocenters. The van der Waals surface area contributed by atoms with Crippen molar-refractivity contribution in [1.82, 2.24) is 4.90 Å². The molecule has 0 aromatic rings. The molecule has 0 bridgehead atoms. The molecule has 1 unspecified atom stereocenters. The highest BCUT2D eigenvalue weighted by atomic mass is 16.3. The summed E-state index contributed by atoms with van der Waals surface area (Å²) in [6.07, 6.45) is 12.3. The number of aliphatic hydroxyl groups excluding tert-OH is 1. The minimum atomic E-state index is -0.121. The lowest BCUT2D eigenvalue weighted by molar-refractivity contribution is 0.0646. The highest BCUT2D eigenvalue weighted by molar-refractivity contribution is 4.88. The van der Waals surface area contributed by atoms with E-state index in [0.717, 1.165) is 18.3 Å². The third-order valence-electron chi connectivity index (χ3n) is 4.93. The highest BCUT2D eigenvalue weighted by Crippen LogP contribution is 2.44. The van der Waals surface area contributed by atoms with Gasteiger partial charge in [-0.25, -0.2) is 0 Å². The average molecular weight is 239 g/mol. The molecule has 1 aliphatic carbocycles.